The van der Waals surface area contributed by atoms with E-state index in [1.54, 1.807) is 12.4 Å². The second kappa shape index (κ2) is 5.30. The van der Waals surface area contributed by atoms with Gasteiger partial charge in [0, 0.05) is 18.3 Å². The molecule has 0 aromatic carbocycles. The third kappa shape index (κ3) is 3.20. The van der Waals surface area contributed by atoms with Crippen LogP contribution in [0, 0.1) is 5.41 Å². The molecular weight excluding hydrogens is 224 g/mol. The summed E-state index contributed by atoms with van der Waals surface area (Å²) in [6, 6.07) is 3.74. The zero-order valence-electron chi connectivity index (χ0n) is 9.83. The highest BCUT2D eigenvalue weighted by Gasteiger charge is 2.27. The normalized spacial score (nSPS) is 13.2. The third-order valence-electron chi connectivity index (χ3n) is 2.48. The van der Waals surface area contributed by atoms with Crippen molar-refractivity contribution in [3.8, 4) is 0 Å². The molecular formula is C12H17ClN2O. The van der Waals surface area contributed by atoms with Crippen LogP contribution in [0.4, 0.5) is 0 Å². The third-order valence-corrected chi connectivity index (χ3v) is 3.15. The first-order valence-electron chi connectivity index (χ1n) is 5.24. The lowest BCUT2D eigenvalue weighted by Crippen LogP contribution is -2.39. The highest BCUT2D eigenvalue weighted by Crippen LogP contribution is 2.19. The summed E-state index contributed by atoms with van der Waals surface area (Å²) < 4.78 is 0. The predicted octanol–water partition coefficient (Wildman–Crippen LogP) is 2.52. The minimum atomic E-state index is -0.544. The van der Waals surface area contributed by atoms with Gasteiger partial charge in [0.1, 0.15) is 0 Å². The summed E-state index contributed by atoms with van der Waals surface area (Å²) in [5, 5.41) is 2.92. The second-order valence-corrected chi connectivity index (χ2v) is 4.77. The SMILES string of the molecule is C[C@H](NC(=O)C(C)(C)CCl)c1cccnc1. The monoisotopic (exact) mass is 240 g/mol. The van der Waals surface area contributed by atoms with Gasteiger partial charge in [0.15, 0.2) is 0 Å². The fourth-order valence-electron chi connectivity index (χ4n) is 1.17. The van der Waals surface area contributed by atoms with E-state index in [1.807, 2.05) is 32.9 Å². The van der Waals surface area contributed by atoms with Crippen molar-refractivity contribution in [2.24, 2.45) is 5.41 Å². The summed E-state index contributed by atoms with van der Waals surface area (Å²) in [6.45, 7) is 5.58. The molecule has 0 unspecified atom stereocenters. The number of hydrogen-bond donors (Lipinski definition) is 1. The maximum absolute atomic E-state index is 11.9. The molecule has 1 N–H and O–H groups in total. The van der Waals surface area contributed by atoms with Crippen molar-refractivity contribution in [3.05, 3.63) is 30.1 Å². The number of hydrogen-bond acceptors (Lipinski definition) is 2. The summed E-state index contributed by atoms with van der Waals surface area (Å²) in [5.41, 5.74) is 0.444. The minimum absolute atomic E-state index is 0.0427. The average molecular weight is 241 g/mol. The molecule has 0 fully saturated rings. The van der Waals surface area contributed by atoms with Crippen LogP contribution in [0.15, 0.2) is 24.5 Å². The van der Waals surface area contributed by atoms with Gasteiger partial charge in [-0.3, -0.25) is 9.78 Å². The Morgan fingerprint density at radius 1 is 1.62 bits per heavy atom. The molecule has 1 heterocycles. The van der Waals surface area contributed by atoms with Crippen LogP contribution in [0.25, 0.3) is 0 Å². The van der Waals surface area contributed by atoms with Crippen molar-refractivity contribution in [2.45, 2.75) is 26.8 Å². The van der Waals surface area contributed by atoms with E-state index in [0.717, 1.165) is 5.56 Å². The number of rotatable bonds is 4. The predicted molar refractivity (Wildman–Crippen MR) is 65.3 cm³/mol. The molecule has 1 atom stereocenters. The molecule has 0 spiro atoms. The highest BCUT2D eigenvalue weighted by atomic mass is 35.5. The fraction of sp³-hybridized carbons (Fsp3) is 0.500. The van der Waals surface area contributed by atoms with E-state index in [0.29, 0.717) is 5.88 Å². The number of amides is 1. The summed E-state index contributed by atoms with van der Waals surface area (Å²) in [6.07, 6.45) is 3.46. The number of halogens is 1. The molecule has 4 heteroatoms. The molecule has 1 aromatic heterocycles. The van der Waals surface area contributed by atoms with Crippen LogP contribution in [0.2, 0.25) is 0 Å². The Labute approximate surface area is 101 Å². The van der Waals surface area contributed by atoms with Crippen molar-refractivity contribution < 1.29 is 4.79 Å². The first-order chi connectivity index (χ1) is 7.47. The van der Waals surface area contributed by atoms with Gasteiger partial charge in [0.25, 0.3) is 0 Å². The van der Waals surface area contributed by atoms with E-state index < -0.39 is 5.41 Å². The largest absolute Gasteiger partial charge is 0.349 e. The van der Waals surface area contributed by atoms with E-state index in [9.17, 15) is 4.79 Å². The van der Waals surface area contributed by atoms with Gasteiger partial charge >= 0.3 is 0 Å². The molecule has 88 valence electrons. The van der Waals surface area contributed by atoms with Gasteiger partial charge in [-0.05, 0) is 32.4 Å². The van der Waals surface area contributed by atoms with Crippen LogP contribution in [-0.4, -0.2) is 16.8 Å². The Morgan fingerprint density at radius 2 is 2.31 bits per heavy atom. The van der Waals surface area contributed by atoms with E-state index in [1.165, 1.54) is 0 Å². The first-order valence-corrected chi connectivity index (χ1v) is 5.77. The Hall–Kier alpha value is -1.09. The Balaban J connectivity index is 2.66. The Bertz CT molecular complexity index is 351. The Kier molecular flexibility index (Phi) is 4.30. The molecule has 0 saturated heterocycles. The molecule has 0 radical (unpaired) electrons. The van der Waals surface area contributed by atoms with Crippen LogP contribution < -0.4 is 5.32 Å². The van der Waals surface area contributed by atoms with E-state index in [4.69, 9.17) is 11.6 Å². The van der Waals surface area contributed by atoms with Gasteiger partial charge in [-0.15, -0.1) is 11.6 Å². The first kappa shape index (κ1) is 13.0. The number of carbonyl (C=O) groups is 1. The highest BCUT2D eigenvalue weighted by molar-refractivity contribution is 6.19. The van der Waals surface area contributed by atoms with E-state index in [-0.39, 0.29) is 11.9 Å². The maximum Gasteiger partial charge on any atom is 0.227 e. The lowest BCUT2D eigenvalue weighted by molar-refractivity contribution is -0.129. The maximum atomic E-state index is 11.9. The number of nitrogens with one attached hydrogen (secondary N) is 1. The summed E-state index contributed by atoms with van der Waals surface area (Å²) in [7, 11) is 0. The fourth-order valence-corrected chi connectivity index (χ4v) is 1.29. The molecule has 0 aliphatic carbocycles. The quantitative estimate of drug-likeness (QED) is 0.822. The minimum Gasteiger partial charge on any atom is -0.349 e. The van der Waals surface area contributed by atoms with Gasteiger partial charge in [-0.2, -0.15) is 0 Å². The van der Waals surface area contributed by atoms with Crippen LogP contribution >= 0.6 is 11.6 Å². The number of alkyl halides is 1. The summed E-state index contributed by atoms with van der Waals surface area (Å²) in [4.78, 5) is 15.9. The molecule has 3 nitrogen and oxygen atoms in total. The molecule has 1 aromatic rings. The van der Waals surface area contributed by atoms with Crippen molar-refractivity contribution in [2.75, 3.05) is 5.88 Å². The molecule has 1 amide bonds. The van der Waals surface area contributed by atoms with Crippen molar-refractivity contribution in [3.63, 3.8) is 0 Å². The van der Waals surface area contributed by atoms with Crippen LogP contribution in [0.1, 0.15) is 32.4 Å². The lowest BCUT2D eigenvalue weighted by Gasteiger charge is -2.23. The topological polar surface area (TPSA) is 42.0 Å². The average Bonchev–Trinajstić information content (AvgIpc) is 2.30. The van der Waals surface area contributed by atoms with Gasteiger partial charge in [0.05, 0.1) is 11.5 Å². The van der Waals surface area contributed by atoms with Gasteiger partial charge in [-0.25, -0.2) is 0 Å². The lowest BCUT2D eigenvalue weighted by atomic mass is 9.94. The van der Waals surface area contributed by atoms with Gasteiger partial charge in [0.2, 0.25) is 5.91 Å². The molecule has 0 bridgehead atoms. The van der Waals surface area contributed by atoms with E-state index >= 15 is 0 Å². The van der Waals surface area contributed by atoms with Crippen molar-refractivity contribution >= 4 is 17.5 Å². The second-order valence-electron chi connectivity index (χ2n) is 4.50. The molecule has 1 rings (SSSR count). The number of pyridine rings is 1. The summed E-state index contributed by atoms with van der Waals surface area (Å²) in [5.74, 6) is 0.261. The van der Waals surface area contributed by atoms with E-state index in [2.05, 4.69) is 10.3 Å². The van der Waals surface area contributed by atoms with Gasteiger partial charge < -0.3 is 5.32 Å². The molecule has 0 aliphatic heterocycles. The number of nitrogens with zero attached hydrogens (tertiary/aromatic N) is 1. The zero-order valence-corrected chi connectivity index (χ0v) is 10.6. The number of carbonyl (C=O) groups excluding carboxylic acids is 1. The van der Waals surface area contributed by atoms with Crippen molar-refractivity contribution in [1.29, 1.82) is 0 Å². The standard InChI is InChI=1S/C12H17ClN2O/c1-9(10-5-4-6-14-7-10)15-11(16)12(2,3)8-13/h4-7,9H,8H2,1-3H3,(H,15,16)/t9-/m0/s1. The van der Waals surface area contributed by atoms with Crippen LogP contribution in [-0.2, 0) is 4.79 Å². The zero-order chi connectivity index (χ0) is 12.2. The summed E-state index contributed by atoms with van der Waals surface area (Å²) >= 11 is 5.74. The van der Waals surface area contributed by atoms with Crippen LogP contribution in [0.5, 0.6) is 0 Å². The molecule has 0 aliphatic rings. The smallest absolute Gasteiger partial charge is 0.227 e. The Morgan fingerprint density at radius 3 is 2.81 bits per heavy atom. The molecule has 16 heavy (non-hydrogen) atoms. The molecule has 0 saturated carbocycles. The van der Waals surface area contributed by atoms with Gasteiger partial charge in [-0.1, -0.05) is 6.07 Å². The number of aromatic nitrogens is 1. The van der Waals surface area contributed by atoms with Crippen LogP contribution in [0.3, 0.4) is 0 Å². The van der Waals surface area contributed by atoms with Crippen molar-refractivity contribution in [1.82, 2.24) is 10.3 Å².